The van der Waals surface area contributed by atoms with Crippen molar-refractivity contribution in [3.05, 3.63) is 66.2 Å². The largest absolute Gasteiger partial charge is 0.237 e. The second-order valence-electron chi connectivity index (χ2n) is 4.88. The van der Waals surface area contributed by atoms with Crippen LogP contribution in [0.4, 0.5) is 4.39 Å². The van der Waals surface area contributed by atoms with E-state index in [1.807, 2.05) is 28.9 Å². The van der Waals surface area contributed by atoms with E-state index in [0.29, 0.717) is 0 Å². The molecule has 0 bridgehead atoms. The minimum absolute atomic E-state index is 0.239. The summed E-state index contributed by atoms with van der Waals surface area (Å²) in [5, 5.41) is 4.63. The Kier molecular flexibility index (Phi) is 3.77. The first-order valence-corrected chi connectivity index (χ1v) is 7.04. The molecular weight excluding hydrogens is 265 g/mol. The van der Waals surface area contributed by atoms with Gasteiger partial charge in [0.15, 0.2) is 5.82 Å². The molecule has 4 heteroatoms. The van der Waals surface area contributed by atoms with Crippen LogP contribution in [0, 0.1) is 5.82 Å². The Hall–Kier alpha value is -2.49. The first kappa shape index (κ1) is 13.5. The van der Waals surface area contributed by atoms with E-state index in [9.17, 15) is 4.39 Å². The van der Waals surface area contributed by atoms with Crippen molar-refractivity contribution in [2.24, 2.45) is 0 Å². The number of benzene rings is 1. The third-order valence-corrected chi connectivity index (χ3v) is 3.27. The molecule has 1 aromatic carbocycles. The molecule has 2 aromatic heterocycles. The second kappa shape index (κ2) is 5.87. The molecule has 0 unspecified atom stereocenters. The van der Waals surface area contributed by atoms with Crippen LogP contribution in [0.25, 0.3) is 17.1 Å². The maximum atomic E-state index is 13.1. The van der Waals surface area contributed by atoms with Crippen molar-refractivity contribution in [3.8, 4) is 17.1 Å². The standard InChI is InChI=1S/C17H16FN3/c1-2-5-15-12-16(13-7-9-14(18)10-8-13)21(20-15)17-6-3-4-11-19-17/h3-4,6-12H,2,5H2,1H3. The Balaban J connectivity index is 2.11. The van der Waals surface area contributed by atoms with E-state index in [-0.39, 0.29) is 5.82 Å². The van der Waals surface area contributed by atoms with Gasteiger partial charge in [0.05, 0.1) is 11.4 Å². The van der Waals surface area contributed by atoms with Gasteiger partial charge < -0.3 is 0 Å². The van der Waals surface area contributed by atoms with Gasteiger partial charge in [-0.15, -0.1) is 0 Å². The van der Waals surface area contributed by atoms with Crippen LogP contribution >= 0.6 is 0 Å². The van der Waals surface area contributed by atoms with Gasteiger partial charge >= 0.3 is 0 Å². The summed E-state index contributed by atoms with van der Waals surface area (Å²) < 4.78 is 14.9. The zero-order chi connectivity index (χ0) is 14.7. The summed E-state index contributed by atoms with van der Waals surface area (Å²) in [6.45, 7) is 2.12. The first-order valence-electron chi connectivity index (χ1n) is 7.04. The smallest absolute Gasteiger partial charge is 0.153 e. The monoisotopic (exact) mass is 281 g/mol. The molecule has 21 heavy (non-hydrogen) atoms. The van der Waals surface area contributed by atoms with Crippen LogP contribution in [-0.4, -0.2) is 14.8 Å². The Morgan fingerprint density at radius 3 is 2.57 bits per heavy atom. The number of pyridine rings is 1. The molecular formula is C17H16FN3. The molecule has 0 amide bonds. The third kappa shape index (κ3) is 2.84. The molecule has 0 saturated carbocycles. The molecule has 0 aliphatic carbocycles. The number of aromatic nitrogens is 3. The number of aryl methyl sites for hydroxylation is 1. The molecule has 0 atom stereocenters. The highest BCUT2D eigenvalue weighted by Crippen LogP contribution is 2.24. The van der Waals surface area contributed by atoms with E-state index in [2.05, 4.69) is 17.0 Å². The lowest BCUT2D eigenvalue weighted by Crippen LogP contribution is -2.01. The van der Waals surface area contributed by atoms with Gasteiger partial charge in [0.2, 0.25) is 0 Å². The van der Waals surface area contributed by atoms with Crippen LogP contribution in [0.1, 0.15) is 19.0 Å². The number of hydrogen-bond donors (Lipinski definition) is 0. The molecule has 0 spiro atoms. The maximum Gasteiger partial charge on any atom is 0.153 e. The summed E-state index contributed by atoms with van der Waals surface area (Å²) in [5.41, 5.74) is 2.87. The molecule has 106 valence electrons. The normalized spacial score (nSPS) is 10.8. The van der Waals surface area contributed by atoms with Gasteiger partial charge in [-0.3, -0.25) is 0 Å². The molecule has 0 aliphatic heterocycles. The van der Waals surface area contributed by atoms with Gasteiger partial charge in [0, 0.05) is 11.8 Å². The summed E-state index contributed by atoms with van der Waals surface area (Å²) in [5.74, 6) is 0.524. The van der Waals surface area contributed by atoms with Crippen LogP contribution < -0.4 is 0 Å². The van der Waals surface area contributed by atoms with Crippen LogP contribution in [0.5, 0.6) is 0 Å². The molecule has 0 N–H and O–H groups in total. The van der Waals surface area contributed by atoms with Crippen LogP contribution in [0.2, 0.25) is 0 Å². The molecule has 2 heterocycles. The van der Waals surface area contributed by atoms with Crippen LogP contribution in [0.15, 0.2) is 54.7 Å². The summed E-state index contributed by atoms with van der Waals surface area (Å²) in [6, 6.07) is 14.2. The topological polar surface area (TPSA) is 30.7 Å². The van der Waals surface area contributed by atoms with Crippen molar-refractivity contribution in [2.45, 2.75) is 19.8 Å². The van der Waals surface area contributed by atoms with E-state index < -0.39 is 0 Å². The van der Waals surface area contributed by atoms with E-state index in [4.69, 9.17) is 0 Å². The van der Waals surface area contributed by atoms with Gasteiger partial charge in [-0.1, -0.05) is 19.4 Å². The lowest BCUT2D eigenvalue weighted by Gasteiger charge is -2.06. The second-order valence-corrected chi connectivity index (χ2v) is 4.88. The number of nitrogens with zero attached hydrogens (tertiary/aromatic N) is 3. The fraction of sp³-hybridized carbons (Fsp3) is 0.176. The SMILES string of the molecule is CCCc1cc(-c2ccc(F)cc2)n(-c2ccccn2)n1. The van der Waals surface area contributed by atoms with Crippen molar-refractivity contribution in [2.75, 3.05) is 0 Å². The van der Waals surface area contributed by atoms with Crippen molar-refractivity contribution in [1.29, 1.82) is 0 Å². The minimum atomic E-state index is -0.239. The Morgan fingerprint density at radius 2 is 1.90 bits per heavy atom. The molecule has 0 saturated heterocycles. The van der Waals surface area contributed by atoms with Gasteiger partial charge in [-0.05, 0) is 48.9 Å². The minimum Gasteiger partial charge on any atom is -0.237 e. The van der Waals surface area contributed by atoms with Gasteiger partial charge in [-0.2, -0.15) is 5.10 Å². The zero-order valence-electron chi connectivity index (χ0n) is 11.8. The highest BCUT2D eigenvalue weighted by atomic mass is 19.1. The van der Waals surface area contributed by atoms with Gasteiger partial charge in [0.25, 0.3) is 0 Å². The molecule has 3 rings (SSSR count). The van der Waals surface area contributed by atoms with Crippen molar-refractivity contribution < 1.29 is 4.39 Å². The third-order valence-electron chi connectivity index (χ3n) is 3.27. The number of rotatable bonds is 4. The Morgan fingerprint density at radius 1 is 1.10 bits per heavy atom. The average molecular weight is 281 g/mol. The predicted octanol–water partition coefficient (Wildman–Crippen LogP) is 4.03. The van der Waals surface area contributed by atoms with Crippen molar-refractivity contribution in [3.63, 3.8) is 0 Å². The number of halogens is 1. The van der Waals surface area contributed by atoms with Crippen LogP contribution in [-0.2, 0) is 6.42 Å². The number of hydrogen-bond acceptors (Lipinski definition) is 2. The summed E-state index contributed by atoms with van der Waals surface area (Å²) >= 11 is 0. The van der Waals surface area contributed by atoms with Gasteiger partial charge in [0.1, 0.15) is 5.82 Å². The molecule has 0 radical (unpaired) electrons. The summed E-state index contributed by atoms with van der Waals surface area (Å²) in [4.78, 5) is 4.35. The lowest BCUT2D eigenvalue weighted by molar-refractivity contribution is 0.628. The van der Waals surface area contributed by atoms with E-state index in [1.54, 1.807) is 18.3 Å². The fourth-order valence-corrected chi connectivity index (χ4v) is 2.29. The van der Waals surface area contributed by atoms with E-state index in [1.165, 1.54) is 12.1 Å². The molecule has 0 aliphatic rings. The predicted molar refractivity (Wildman–Crippen MR) is 80.7 cm³/mol. The highest BCUT2D eigenvalue weighted by molar-refractivity contribution is 5.62. The zero-order valence-corrected chi connectivity index (χ0v) is 11.8. The fourth-order valence-electron chi connectivity index (χ4n) is 2.29. The Labute approximate surface area is 123 Å². The Bertz CT molecular complexity index is 718. The average Bonchev–Trinajstić information content (AvgIpc) is 2.93. The highest BCUT2D eigenvalue weighted by Gasteiger charge is 2.12. The quantitative estimate of drug-likeness (QED) is 0.723. The van der Waals surface area contributed by atoms with Crippen LogP contribution in [0.3, 0.4) is 0 Å². The lowest BCUT2D eigenvalue weighted by atomic mass is 10.1. The summed E-state index contributed by atoms with van der Waals surface area (Å²) in [7, 11) is 0. The van der Waals surface area contributed by atoms with E-state index in [0.717, 1.165) is 35.6 Å². The molecule has 3 aromatic rings. The first-order chi connectivity index (χ1) is 10.3. The van der Waals surface area contributed by atoms with Crippen molar-refractivity contribution >= 4 is 0 Å². The van der Waals surface area contributed by atoms with Crippen molar-refractivity contribution in [1.82, 2.24) is 14.8 Å². The van der Waals surface area contributed by atoms with E-state index >= 15 is 0 Å². The maximum absolute atomic E-state index is 13.1. The molecule has 0 fully saturated rings. The van der Waals surface area contributed by atoms with Gasteiger partial charge in [-0.25, -0.2) is 14.1 Å². The summed E-state index contributed by atoms with van der Waals surface area (Å²) in [6.07, 6.45) is 3.68. The molecule has 3 nitrogen and oxygen atoms in total.